The van der Waals surface area contributed by atoms with Crippen LogP contribution in [0.4, 0.5) is 0 Å². The molecule has 0 radical (unpaired) electrons. The van der Waals surface area contributed by atoms with E-state index >= 15 is 0 Å². The molecule has 138 valence electrons. The Hall–Kier alpha value is -3.61. The molecule has 1 heterocycles. The number of hydrogen-bond donors (Lipinski definition) is 1. The van der Waals surface area contributed by atoms with Gasteiger partial charge in [-0.1, -0.05) is 18.2 Å². The Morgan fingerprint density at radius 1 is 1.07 bits per heavy atom. The summed E-state index contributed by atoms with van der Waals surface area (Å²) in [5, 5.41) is 9.62. The van der Waals surface area contributed by atoms with Crippen LogP contribution in [-0.4, -0.2) is 34.7 Å². The highest BCUT2D eigenvalue weighted by atomic mass is 16.5. The highest BCUT2D eigenvalue weighted by molar-refractivity contribution is 5.98. The van der Waals surface area contributed by atoms with Gasteiger partial charge in [-0.15, -0.1) is 0 Å². The molecule has 7 heteroatoms. The van der Waals surface area contributed by atoms with Crippen molar-refractivity contribution >= 4 is 28.8 Å². The number of esters is 2. The third-order valence-electron chi connectivity index (χ3n) is 4.10. The maximum Gasteiger partial charge on any atom is 0.354 e. The normalized spacial score (nSPS) is 10.6. The van der Waals surface area contributed by atoms with E-state index in [9.17, 15) is 14.4 Å². The van der Waals surface area contributed by atoms with Crippen molar-refractivity contribution in [2.24, 2.45) is 0 Å². The van der Waals surface area contributed by atoms with Gasteiger partial charge in [-0.25, -0.2) is 9.59 Å². The fraction of sp³-hybridized carbons (Fsp3) is 0.150. The predicted molar refractivity (Wildman–Crippen MR) is 97.1 cm³/mol. The monoisotopic (exact) mass is 367 g/mol. The maximum atomic E-state index is 12.2. The zero-order chi connectivity index (χ0) is 19.6. The number of rotatable bonds is 5. The molecule has 0 saturated carbocycles. The Bertz CT molecular complexity index is 1030. The summed E-state index contributed by atoms with van der Waals surface area (Å²) in [4.78, 5) is 34.6. The van der Waals surface area contributed by atoms with Crippen LogP contribution in [0.25, 0.3) is 10.9 Å². The van der Waals surface area contributed by atoms with Crippen LogP contribution in [0.2, 0.25) is 0 Å². The molecule has 0 aliphatic carbocycles. The molecular formula is C20H17NO6. The molecule has 0 aliphatic heterocycles. The lowest BCUT2D eigenvalue weighted by Crippen LogP contribution is -2.11. The summed E-state index contributed by atoms with van der Waals surface area (Å²) in [5.41, 5.74) is 1.98. The number of hydrogen-bond acceptors (Lipinski definition) is 5. The minimum absolute atomic E-state index is 0.182. The minimum Gasteiger partial charge on any atom is -0.478 e. The number of carboxylic acid groups (broad SMARTS) is 1. The number of methoxy groups -OCH3 is 1. The summed E-state index contributed by atoms with van der Waals surface area (Å²) in [5.74, 6) is -1.64. The zero-order valence-electron chi connectivity index (χ0n) is 14.8. The van der Waals surface area contributed by atoms with Gasteiger partial charge in [0.15, 0.2) is 0 Å². The molecule has 2 aromatic carbocycles. The summed E-state index contributed by atoms with van der Waals surface area (Å²) in [6.07, 6.45) is 0. The first-order chi connectivity index (χ1) is 12.9. The van der Waals surface area contributed by atoms with Crippen LogP contribution in [0.3, 0.4) is 0 Å². The summed E-state index contributed by atoms with van der Waals surface area (Å²) in [6, 6.07) is 13.2. The number of carbonyl (C=O) groups is 3. The van der Waals surface area contributed by atoms with Crippen molar-refractivity contribution in [1.82, 2.24) is 4.57 Å². The van der Waals surface area contributed by atoms with Crippen molar-refractivity contribution in [3.8, 4) is 5.75 Å². The van der Waals surface area contributed by atoms with Gasteiger partial charge in [0.05, 0.1) is 18.2 Å². The third-order valence-corrected chi connectivity index (χ3v) is 4.10. The average Bonchev–Trinajstić information content (AvgIpc) is 3.01. The summed E-state index contributed by atoms with van der Waals surface area (Å²) >= 11 is 0. The molecule has 0 bridgehead atoms. The lowest BCUT2D eigenvalue weighted by atomic mass is 10.1. The largest absolute Gasteiger partial charge is 0.478 e. The first-order valence-electron chi connectivity index (χ1n) is 8.12. The predicted octanol–water partition coefficient (Wildman–Crippen LogP) is 3.10. The molecule has 0 atom stereocenters. The van der Waals surface area contributed by atoms with Gasteiger partial charge in [0.1, 0.15) is 11.4 Å². The Balaban J connectivity index is 2.10. The lowest BCUT2D eigenvalue weighted by molar-refractivity contribution is -0.131. The number of benzene rings is 2. The molecule has 0 saturated heterocycles. The molecule has 0 amide bonds. The molecule has 3 rings (SSSR count). The summed E-state index contributed by atoms with van der Waals surface area (Å²) in [7, 11) is 1.29. The van der Waals surface area contributed by atoms with Crippen molar-refractivity contribution in [2.75, 3.05) is 7.11 Å². The van der Waals surface area contributed by atoms with Crippen molar-refractivity contribution in [3.05, 3.63) is 65.4 Å². The second kappa shape index (κ2) is 7.33. The van der Waals surface area contributed by atoms with Gasteiger partial charge >= 0.3 is 17.9 Å². The number of nitrogens with zero attached hydrogens (tertiary/aromatic N) is 1. The number of carboxylic acids is 1. The number of fused-ring (bicyclic) bond motifs is 1. The van der Waals surface area contributed by atoms with Crippen molar-refractivity contribution in [1.29, 1.82) is 0 Å². The summed E-state index contributed by atoms with van der Waals surface area (Å²) < 4.78 is 11.8. The van der Waals surface area contributed by atoms with Gasteiger partial charge in [0, 0.05) is 18.9 Å². The first-order valence-corrected chi connectivity index (χ1v) is 8.12. The molecule has 0 aliphatic rings. The Kier molecular flexibility index (Phi) is 4.94. The van der Waals surface area contributed by atoms with Crippen molar-refractivity contribution in [3.63, 3.8) is 0 Å². The topological polar surface area (TPSA) is 94.8 Å². The molecule has 1 N–H and O–H groups in total. The number of aromatic carboxylic acids is 1. The van der Waals surface area contributed by atoms with E-state index in [1.54, 1.807) is 41.0 Å². The van der Waals surface area contributed by atoms with E-state index in [0.29, 0.717) is 28.9 Å². The quantitative estimate of drug-likeness (QED) is 0.550. The van der Waals surface area contributed by atoms with E-state index in [1.165, 1.54) is 26.2 Å². The molecular weight excluding hydrogens is 350 g/mol. The molecule has 1 aromatic heterocycles. The second-order valence-corrected chi connectivity index (χ2v) is 5.89. The van der Waals surface area contributed by atoms with Gasteiger partial charge in [0.25, 0.3) is 0 Å². The highest BCUT2D eigenvalue weighted by Crippen LogP contribution is 2.30. The van der Waals surface area contributed by atoms with Gasteiger partial charge in [-0.2, -0.15) is 0 Å². The van der Waals surface area contributed by atoms with E-state index in [0.717, 1.165) is 5.56 Å². The van der Waals surface area contributed by atoms with Crippen LogP contribution < -0.4 is 4.74 Å². The third kappa shape index (κ3) is 3.67. The molecule has 3 aromatic rings. The average molecular weight is 367 g/mol. The molecule has 0 spiro atoms. The van der Waals surface area contributed by atoms with Crippen LogP contribution in [0.5, 0.6) is 5.75 Å². The van der Waals surface area contributed by atoms with Crippen LogP contribution in [0.15, 0.2) is 48.5 Å². The molecule has 27 heavy (non-hydrogen) atoms. The Labute approximate surface area is 154 Å². The fourth-order valence-corrected chi connectivity index (χ4v) is 2.88. The fourth-order valence-electron chi connectivity index (χ4n) is 2.88. The van der Waals surface area contributed by atoms with E-state index in [2.05, 4.69) is 0 Å². The van der Waals surface area contributed by atoms with Crippen LogP contribution in [0, 0.1) is 0 Å². The lowest BCUT2D eigenvalue weighted by Gasteiger charge is -2.10. The second-order valence-electron chi connectivity index (χ2n) is 5.89. The maximum absolute atomic E-state index is 12.2. The number of aromatic nitrogens is 1. The summed E-state index contributed by atoms with van der Waals surface area (Å²) in [6.45, 7) is 1.62. The van der Waals surface area contributed by atoms with Gasteiger partial charge in [0.2, 0.25) is 0 Å². The van der Waals surface area contributed by atoms with E-state index in [4.69, 9.17) is 14.6 Å². The van der Waals surface area contributed by atoms with E-state index < -0.39 is 17.9 Å². The SMILES string of the molecule is COC(=O)c1cc2c(OC(C)=O)cccc2n1Cc1ccc(C(=O)O)cc1. The number of carbonyl (C=O) groups excluding carboxylic acids is 2. The van der Waals surface area contributed by atoms with E-state index in [1.807, 2.05) is 0 Å². The Morgan fingerprint density at radius 3 is 2.37 bits per heavy atom. The minimum atomic E-state index is -1.01. The number of ether oxygens (including phenoxy) is 2. The van der Waals surface area contributed by atoms with Gasteiger partial charge in [-0.3, -0.25) is 4.79 Å². The van der Waals surface area contributed by atoms with Crippen LogP contribution in [-0.2, 0) is 16.1 Å². The molecule has 7 nitrogen and oxygen atoms in total. The standard InChI is InChI=1S/C20H17NO6/c1-12(22)27-18-5-3-4-16-15(18)10-17(20(25)26-2)21(16)11-13-6-8-14(9-7-13)19(23)24/h3-10H,11H2,1-2H3,(H,23,24). The van der Waals surface area contributed by atoms with E-state index in [-0.39, 0.29) is 5.56 Å². The van der Waals surface area contributed by atoms with Gasteiger partial charge in [-0.05, 0) is 35.9 Å². The Morgan fingerprint density at radius 2 is 1.78 bits per heavy atom. The molecule has 0 unspecified atom stereocenters. The van der Waals surface area contributed by atoms with Crippen molar-refractivity contribution in [2.45, 2.75) is 13.5 Å². The van der Waals surface area contributed by atoms with Gasteiger partial charge < -0.3 is 19.1 Å². The van der Waals surface area contributed by atoms with Crippen molar-refractivity contribution < 1.29 is 29.0 Å². The smallest absolute Gasteiger partial charge is 0.354 e. The van der Waals surface area contributed by atoms with Crippen LogP contribution in [0.1, 0.15) is 33.3 Å². The zero-order valence-corrected chi connectivity index (χ0v) is 14.8. The molecule has 0 fully saturated rings. The first kappa shape index (κ1) is 18.2. The highest BCUT2D eigenvalue weighted by Gasteiger charge is 2.19. The van der Waals surface area contributed by atoms with Crippen LogP contribution >= 0.6 is 0 Å².